The number of rotatable bonds is 8. The number of nitrogens with one attached hydrogen (secondary N) is 2. The molecule has 2 amide bonds. The van der Waals surface area contributed by atoms with Gasteiger partial charge in [0.05, 0.1) is 16.9 Å². The van der Waals surface area contributed by atoms with Crippen molar-refractivity contribution in [1.29, 1.82) is 0 Å². The standard InChI is InChI=1S/C26H22Cl2F2N4O/c27-11-13-34(14-12-28)19-8-6-18(7-9-19)31-26(35)33-25-16-24(20-10-5-17(29)15-22(20)30)32-23-4-2-1-3-21(23)25/h1-10,15-16H,11-14H2,(H2,31,32,33,35). The topological polar surface area (TPSA) is 57.3 Å². The average Bonchev–Trinajstić information content (AvgIpc) is 2.84. The third-order valence-corrected chi connectivity index (χ3v) is 5.71. The summed E-state index contributed by atoms with van der Waals surface area (Å²) in [5.41, 5.74) is 2.95. The molecule has 0 atom stereocenters. The van der Waals surface area contributed by atoms with Gasteiger partial charge in [0.1, 0.15) is 11.6 Å². The number of amides is 2. The number of anilines is 3. The van der Waals surface area contributed by atoms with Crippen molar-refractivity contribution in [3.8, 4) is 11.3 Å². The number of halogens is 4. The van der Waals surface area contributed by atoms with Gasteiger partial charge in [0.25, 0.3) is 0 Å². The monoisotopic (exact) mass is 514 g/mol. The van der Waals surface area contributed by atoms with Crippen LogP contribution in [0.1, 0.15) is 0 Å². The van der Waals surface area contributed by atoms with Crippen LogP contribution in [-0.2, 0) is 0 Å². The Bertz CT molecular complexity index is 1330. The molecule has 0 aliphatic rings. The smallest absolute Gasteiger partial charge is 0.323 e. The molecule has 0 aliphatic heterocycles. The van der Waals surface area contributed by atoms with Crippen molar-refractivity contribution in [2.45, 2.75) is 0 Å². The van der Waals surface area contributed by atoms with Gasteiger partial charge in [-0.25, -0.2) is 18.6 Å². The molecule has 0 unspecified atom stereocenters. The van der Waals surface area contributed by atoms with Gasteiger partial charge < -0.3 is 15.5 Å². The Kier molecular flexibility index (Phi) is 8.00. The van der Waals surface area contributed by atoms with E-state index >= 15 is 0 Å². The van der Waals surface area contributed by atoms with Gasteiger partial charge in [-0.2, -0.15) is 0 Å². The molecule has 0 spiro atoms. The van der Waals surface area contributed by atoms with Crippen molar-refractivity contribution < 1.29 is 13.6 Å². The van der Waals surface area contributed by atoms with E-state index in [0.717, 1.165) is 11.8 Å². The van der Waals surface area contributed by atoms with Crippen LogP contribution in [0.25, 0.3) is 22.2 Å². The Morgan fingerprint density at radius 1 is 0.886 bits per heavy atom. The number of fused-ring (bicyclic) bond motifs is 1. The van der Waals surface area contributed by atoms with Gasteiger partial charge >= 0.3 is 6.03 Å². The van der Waals surface area contributed by atoms with Gasteiger partial charge in [-0.05, 0) is 48.5 Å². The van der Waals surface area contributed by atoms with Crippen LogP contribution in [0.4, 0.5) is 30.6 Å². The van der Waals surface area contributed by atoms with Crippen molar-refractivity contribution in [3.63, 3.8) is 0 Å². The van der Waals surface area contributed by atoms with Crippen LogP contribution in [0.15, 0.2) is 72.8 Å². The highest BCUT2D eigenvalue weighted by Crippen LogP contribution is 2.30. The van der Waals surface area contributed by atoms with Crippen LogP contribution in [0.5, 0.6) is 0 Å². The number of hydrogen-bond donors (Lipinski definition) is 2. The Balaban J connectivity index is 1.56. The number of urea groups is 1. The van der Waals surface area contributed by atoms with E-state index in [2.05, 4.69) is 20.5 Å². The summed E-state index contributed by atoms with van der Waals surface area (Å²) in [6, 6.07) is 18.9. The maximum Gasteiger partial charge on any atom is 0.323 e. The first-order valence-electron chi connectivity index (χ1n) is 10.9. The zero-order chi connectivity index (χ0) is 24.8. The van der Waals surface area contributed by atoms with Crippen LogP contribution >= 0.6 is 23.2 Å². The number of carbonyl (C=O) groups excluding carboxylic acids is 1. The summed E-state index contributed by atoms with van der Waals surface area (Å²) >= 11 is 11.7. The second kappa shape index (κ2) is 11.3. The molecular weight excluding hydrogens is 493 g/mol. The van der Waals surface area contributed by atoms with Gasteiger partial charge in [0.15, 0.2) is 0 Å². The molecule has 1 aromatic heterocycles. The molecule has 0 aliphatic carbocycles. The van der Waals surface area contributed by atoms with E-state index in [1.165, 1.54) is 12.1 Å². The number of alkyl halides is 2. The van der Waals surface area contributed by atoms with Crippen molar-refractivity contribution in [1.82, 2.24) is 4.98 Å². The molecule has 0 bridgehead atoms. The quantitative estimate of drug-likeness (QED) is 0.246. The van der Waals surface area contributed by atoms with E-state index < -0.39 is 17.7 Å². The van der Waals surface area contributed by atoms with Gasteiger partial charge in [0, 0.05) is 53.2 Å². The average molecular weight is 515 g/mol. The predicted molar refractivity (Wildman–Crippen MR) is 140 cm³/mol. The number of benzene rings is 3. The number of hydrogen-bond acceptors (Lipinski definition) is 3. The van der Waals surface area contributed by atoms with E-state index in [-0.39, 0.29) is 11.3 Å². The molecule has 0 radical (unpaired) electrons. The van der Waals surface area contributed by atoms with Crippen LogP contribution in [0, 0.1) is 11.6 Å². The van der Waals surface area contributed by atoms with Crippen molar-refractivity contribution in [3.05, 3.63) is 84.4 Å². The van der Waals surface area contributed by atoms with Gasteiger partial charge in [-0.3, -0.25) is 0 Å². The van der Waals surface area contributed by atoms with E-state index in [1.807, 2.05) is 18.2 Å². The molecule has 0 saturated heterocycles. The Morgan fingerprint density at radius 2 is 1.60 bits per heavy atom. The summed E-state index contributed by atoms with van der Waals surface area (Å²) < 4.78 is 27.8. The molecule has 0 saturated carbocycles. The lowest BCUT2D eigenvalue weighted by Gasteiger charge is -2.23. The maximum absolute atomic E-state index is 14.4. The molecule has 0 fully saturated rings. The fraction of sp³-hybridized carbons (Fsp3) is 0.154. The molecule has 4 rings (SSSR count). The van der Waals surface area contributed by atoms with E-state index in [9.17, 15) is 13.6 Å². The highest BCUT2D eigenvalue weighted by atomic mass is 35.5. The van der Waals surface area contributed by atoms with E-state index in [1.54, 1.807) is 36.4 Å². The van der Waals surface area contributed by atoms with Crippen LogP contribution in [0.2, 0.25) is 0 Å². The molecule has 5 nitrogen and oxygen atoms in total. The summed E-state index contributed by atoms with van der Waals surface area (Å²) in [5, 5.41) is 6.30. The van der Waals surface area contributed by atoms with Crippen molar-refractivity contribution in [2.75, 3.05) is 40.4 Å². The zero-order valence-corrected chi connectivity index (χ0v) is 20.1. The number of para-hydroxylation sites is 1. The molecule has 9 heteroatoms. The maximum atomic E-state index is 14.4. The van der Waals surface area contributed by atoms with Gasteiger partial charge in [-0.1, -0.05) is 18.2 Å². The van der Waals surface area contributed by atoms with Crippen molar-refractivity contribution in [2.24, 2.45) is 0 Å². The zero-order valence-electron chi connectivity index (χ0n) is 18.6. The number of aromatic nitrogens is 1. The highest BCUT2D eigenvalue weighted by Gasteiger charge is 2.14. The molecule has 4 aromatic rings. The Morgan fingerprint density at radius 3 is 2.29 bits per heavy atom. The third kappa shape index (κ3) is 5.99. The largest absolute Gasteiger partial charge is 0.369 e. The minimum absolute atomic E-state index is 0.134. The second-order valence-electron chi connectivity index (χ2n) is 7.69. The Hall–Kier alpha value is -3.42. The minimum atomic E-state index is -0.736. The van der Waals surface area contributed by atoms with Crippen LogP contribution in [0.3, 0.4) is 0 Å². The Labute approximate surface area is 211 Å². The summed E-state index contributed by atoms with van der Waals surface area (Å²) in [6.45, 7) is 1.32. The van der Waals surface area contributed by atoms with E-state index in [4.69, 9.17) is 23.2 Å². The summed E-state index contributed by atoms with van der Waals surface area (Å²) in [4.78, 5) is 19.3. The molecule has 1 heterocycles. The number of nitrogens with zero attached hydrogens (tertiary/aromatic N) is 2. The second-order valence-corrected chi connectivity index (χ2v) is 8.44. The molecule has 180 valence electrons. The number of carbonyl (C=O) groups is 1. The first-order chi connectivity index (χ1) is 17.0. The molecular formula is C26H22Cl2F2N4O. The van der Waals surface area contributed by atoms with Crippen molar-refractivity contribution >= 4 is 57.2 Å². The summed E-state index contributed by atoms with van der Waals surface area (Å²) in [7, 11) is 0. The van der Waals surface area contributed by atoms with E-state index in [0.29, 0.717) is 47.1 Å². The predicted octanol–water partition coefficient (Wildman–Crippen LogP) is 7.11. The van der Waals surface area contributed by atoms with Crippen LogP contribution < -0.4 is 15.5 Å². The lowest BCUT2D eigenvalue weighted by Crippen LogP contribution is -2.27. The normalized spacial score (nSPS) is 10.9. The van der Waals surface area contributed by atoms with Gasteiger partial charge in [0.2, 0.25) is 0 Å². The lowest BCUT2D eigenvalue weighted by molar-refractivity contribution is 0.262. The van der Waals surface area contributed by atoms with Crippen LogP contribution in [-0.4, -0.2) is 35.9 Å². The fourth-order valence-corrected chi connectivity index (χ4v) is 4.14. The molecule has 3 aromatic carbocycles. The molecule has 2 N–H and O–H groups in total. The highest BCUT2D eigenvalue weighted by molar-refractivity contribution is 6.18. The first-order valence-corrected chi connectivity index (χ1v) is 12.0. The SMILES string of the molecule is O=C(Nc1ccc(N(CCCl)CCCl)cc1)Nc1cc(-c2ccc(F)cc2F)nc2ccccc12. The lowest BCUT2D eigenvalue weighted by atomic mass is 10.1. The minimum Gasteiger partial charge on any atom is -0.369 e. The number of pyridine rings is 1. The summed E-state index contributed by atoms with van der Waals surface area (Å²) in [6.07, 6.45) is 0. The van der Waals surface area contributed by atoms with Gasteiger partial charge in [-0.15, -0.1) is 23.2 Å². The summed E-state index contributed by atoms with van der Waals surface area (Å²) in [5.74, 6) is -0.462. The molecule has 35 heavy (non-hydrogen) atoms. The third-order valence-electron chi connectivity index (χ3n) is 5.37. The fourth-order valence-electron chi connectivity index (χ4n) is 3.73. The first kappa shape index (κ1) is 24.7.